The van der Waals surface area contributed by atoms with E-state index in [4.69, 9.17) is 0 Å². The standard InChI is InChI=1S/C29H29N3O6S/c33-28-21-30(20-23-11-4-5-14-25(23)29(28,34)24-12-8-13-24)17-18-31(19-22-9-2-1-3-10-22)39(37,38)27-16-7-6-15-26(27)32(35)36/h1-16,28,33-34H,17-21H2. The Morgan fingerprint density at radius 1 is 1.03 bits per heavy atom. The van der Waals surface area contributed by atoms with E-state index >= 15 is 0 Å². The Labute approximate surface area is 227 Å². The molecule has 5 rings (SSSR count). The van der Waals surface area contributed by atoms with Gasteiger partial charge in [-0.05, 0) is 28.3 Å². The molecule has 1 heterocycles. The summed E-state index contributed by atoms with van der Waals surface area (Å²) in [5.74, 6) is 0. The Morgan fingerprint density at radius 2 is 1.69 bits per heavy atom. The molecule has 3 aromatic carbocycles. The van der Waals surface area contributed by atoms with Gasteiger partial charge in [-0.2, -0.15) is 4.31 Å². The summed E-state index contributed by atoms with van der Waals surface area (Å²) in [6.45, 7) is 0.740. The minimum atomic E-state index is -4.26. The first kappa shape index (κ1) is 26.9. The minimum absolute atomic E-state index is 0.0131. The quantitative estimate of drug-likeness (QED) is 0.311. The van der Waals surface area contributed by atoms with Crippen molar-refractivity contribution in [1.29, 1.82) is 0 Å². The van der Waals surface area contributed by atoms with Crippen molar-refractivity contribution in [3.8, 4) is 0 Å². The zero-order valence-corrected chi connectivity index (χ0v) is 21.9. The van der Waals surface area contributed by atoms with Gasteiger partial charge in [0.25, 0.3) is 5.69 Å². The summed E-state index contributed by atoms with van der Waals surface area (Å²) in [4.78, 5) is 12.5. The van der Waals surface area contributed by atoms with Crippen molar-refractivity contribution < 1.29 is 23.6 Å². The summed E-state index contributed by atoms with van der Waals surface area (Å²) in [6, 6.07) is 21.7. The molecule has 2 aliphatic rings. The van der Waals surface area contributed by atoms with Crippen LogP contribution in [0.25, 0.3) is 0 Å². The first-order valence-corrected chi connectivity index (χ1v) is 14.0. The summed E-state index contributed by atoms with van der Waals surface area (Å²) in [6.07, 6.45) is 4.19. The van der Waals surface area contributed by atoms with Crippen molar-refractivity contribution in [3.05, 3.63) is 129 Å². The number of β-amino-alcohol motifs (C(OH)–C–C–N with tert-alkyl or cyclic N) is 1. The lowest BCUT2D eigenvalue weighted by atomic mass is 9.77. The Kier molecular flexibility index (Phi) is 7.48. The van der Waals surface area contributed by atoms with Crippen molar-refractivity contribution in [2.24, 2.45) is 0 Å². The molecule has 10 heteroatoms. The van der Waals surface area contributed by atoms with Crippen LogP contribution in [0.2, 0.25) is 0 Å². The number of nitrogens with zero attached hydrogens (tertiary/aromatic N) is 3. The van der Waals surface area contributed by atoms with E-state index < -0.39 is 32.3 Å². The highest BCUT2D eigenvalue weighted by atomic mass is 32.2. The number of nitro groups is 1. The fourth-order valence-electron chi connectivity index (χ4n) is 5.15. The van der Waals surface area contributed by atoms with Gasteiger partial charge in [-0.1, -0.05) is 85.0 Å². The monoisotopic (exact) mass is 547 g/mol. The van der Waals surface area contributed by atoms with Gasteiger partial charge in [0.05, 0.1) is 4.92 Å². The number of para-hydroxylation sites is 1. The van der Waals surface area contributed by atoms with Crippen molar-refractivity contribution in [2.45, 2.75) is 29.7 Å². The van der Waals surface area contributed by atoms with E-state index in [1.807, 2.05) is 29.2 Å². The van der Waals surface area contributed by atoms with E-state index in [-0.39, 0.29) is 31.1 Å². The second-order valence-corrected chi connectivity index (χ2v) is 11.6. The highest BCUT2D eigenvalue weighted by Gasteiger charge is 2.45. The summed E-state index contributed by atoms with van der Waals surface area (Å²) < 4.78 is 28.8. The molecule has 2 N–H and O–H groups in total. The molecule has 0 bridgehead atoms. The molecule has 2 atom stereocenters. The number of sulfonamides is 1. The number of benzene rings is 3. The SMILES string of the molecule is O=[N+]([O-])c1ccccc1S(=O)(=O)N(CCN1Cc2ccccc2C(O)(C2=CC=C2)C(O)C1)Cc1ccccc1. The molecule has 1 aliphatic carbocycles. The van der Waals surface area contributed by atoms with Crippen LogP contribution < -0.4 is 0 Å². The molecule has 9 nitrogen and oxygen atoms in total. The normalized spacial score (nSPS) is 21.1. The van der Waals surface area contributed by atoms with Crippen molar-refractivity contribution >= 4 is 15.7 Å². The number of aliphatic hydroxyl groups is 2. The lowest BCUT2D eigenvalue weighted by molar-refractivity contribution is -0.387. The number of nitro benzene ring substituents is 1. The fraction of sp³-hybridized carbons (Fsp3) is 0.241. The van der Waals surface area contributed by atoms with Crippen LogP contribution in [0.1, 0.15) is 16.7 Å². The average Bonchev–Trinajstić information content (AvgIpc) is 3.00. The van der Waals surface area contributed by atoms with Crippen LogP contribution in [0.5, 0.6) is 0 Å². The number of fused-ring (bicyclic) bond motifs is 1. The average molecular weight is 548 g/mol. The zero-order chi connectivity index (χ0) is 27.6. The number of aliphatic hydroxyl groups excluding tert-OH is 1. The molecule has 0 fully saturated rings. The van der Waals surface area contributed by atoms with Crippen LogP contribution in [-0.4, -0.2) is 58.5 Å². The summed E-state index contributed by atoms with van der Waals surface area (Å²) >= 11 is 0. The number of hydrogen-bond donors (Lipinski definition) is 2. The molecule has 0 saturated heterocycles. The van der Waals surface area contributed by atoms with Crippen LogP contribution in [-0.2, 0) is 28.7 Å². The Morgan fingerprint density at radius 3 is 2.38 bits per heavy atom. The van der Waals surface area contributed by atoms with Gasteiger partial charge in [0.2, 0.25) is 10.0 Å². The predicted molar refractivity (Wildman–Crippen MR) is 146 cm³/mol. The molecular weight excluding hydrogens is 518 g/mol. The minimum Gasteiger partial charge on any atom is -0.388 e. The first-order chi connectivity index (χ1) is 18.7. The number of hydrogen-bond acceptors (Lipinski definition) is 7. The molecule has 3 aromatic rings. The van der Waals surface area contributed by atoms with Gasteiger partial charge in [0, 0.05) is 38.8 Å². The zero-order valence-electron chi connectivity index (χ0n) is 21.1. The molecule has 202 valence electrons. The van der Waals surface area contributed by atoms with Crippen molar-refractivity contribution in [1.82, 2.24) is 9.21 Å². The van der Waals surface area contributed by atoms with Crippen molar-refractivity contribution in [2.75, 3.05) is 19.6 Å². The van der Waals surface area contributed by atoms with Crippen LogP contribution in [0.4, 0.5) is 5.69 Å². The summed E-state index contributed by atoms with van der Waals surface area (Å²) in [5, 5.41) is 34.5. The largest absolute Gasteiger partial charge is 0.388 e. The fourth-order valence-corrected chi connectivity index (χ4v) is 6.72. The van der Waals surface area contributed by atoms with Gasteiger partial charge in [-0.3, -0.25) is 15.0 Å². The van der Waals surface area contributed by atoms with Crippen LogP contribution >= 0.6 is 0 Å². The molecular formula is C29H29N3O6S. The molecule has 0 spiro atoms. The van der Waals surface area contributed by atoms with Gasteiger partial charge in [0.1, 0.15) is 11.7 Å². The number of rotatable bonds is 9. The van der Waals surface area contributed by atoms with Gasteiger partial charge in [-0.25, -0.2) is 8.42 Å². The van der Waals surface area contributed by atoms with Crippen LogP contribution in [0, 0.1) is 10.1 Å². The van der Waals surface area contributed by atoms with E-state index in [1.54, 1.807) is 48.6 Å². The topological polar surface area (TPSA) is 124 Å². The molecule has 0 aromatic heterocycles. The Balaban J connectivity index is 1.45. The molecule has 39 heavy (non-hydrogen) atoms. The first-order valence-electron chi connectivity index (χ1n) is 12.6. The molecule has 1 aliphatic heterocycles. The Bertz CT molecular complexity index is 1540. The third kappa shape index (κ3) is 5.17. The van der Waals surface area contributed by atoms with Gasteiger partial charge >= 0.3 is 0 Å². The number of allylic oxidation sites excluding steroid dienone is 2. The maximum absolute atomic E-state index is 13.8. The summed E-state index contributed by atoms with van der Waals surface area (Å²) in [7, 11) is -4.26. The maximum atomic E-state index is 13.8. The van der Waals surface area contributed by atoms with E-state index in [1.165, 1.54) is 28.6 Å². The van der Waals surface area contributed by atoms with E-state index in [9.17, 15) is 28.7 Å². The highest BCUT2D eigenvalue weighted by Crippen LogP contribution is 2.41. The lowest BCUT2D eigenvalue weighted by Gasteiger charge is -2.36. The summed E-state index contributed by atoms with van der Waals surface area (Å²) in [5.41, 5.74) is 0.730. The van der Waals surface area contributed by atoms with E-state index in [2.05, 4.69) is 0 Å². The molecule has 0 radical (unpaired) electrons. The molecule has 2 unspecified atom stereocenters. The van der Waals surface area contributed by atoms with Crippen molar-refractivity contribution in [3.63, 3.8) is 0 Å². The third-order valence-electron chi connectivity index (χ3n) is 7.27. The second-order valence-electron chi connectivity index (χ2n) is 9.70. The lowest BCUT2D eigenvalue weighted by Crippen LogP contribution is -2.47. The molecule has 0 amide bonds. The van der Waals surface area contributed by atoms with E-state index in [0.29, 0.717) is 17.7 Å². The van der Waals surface area contributed by atoms with Gasteiger partial charge < -0.3 is 10.2 Å². The Hall–Kier alpha value is -3.67. The van der Waals surface area contributed by atoms with Crippen LogP contribution in [0.3, 0.4) is 0 Å². The van der Waals surface area contributed by atoms with Crippen LogP contribution in [0.15, 0.2) is 108 Å². The second kappa shape index (κ2) is 10.8. The maximum Gasteiger partial charge on any atom is 0.289 e. The van der Waals surface area contributed by atoms with Gasteiger partial charge in [0.15, 0.2) is 4.90 Å². The predicted octanol–water partition coefficient (Wildman–Crippen LogP) is 3.35. The van der Waals surface area contributed by atoms with Gasteiger partial charge in [-0.15, -0.1) is 0 Å². The highest BCUT2D eigenvalue weighted by molar-refractivity contribution is 7.89. The molecule has 0 saturated carbocycles. The third-order valence-corrected chi connectivity index (χ3v) is 9.17. The smallest absolute Gasteiger partial charge is 0.289 e. The van der Waals surface area contributed by atoms with E-state index in [0.717, 1.165) is 11.1 Å².